The third-order valence-electron chi connectivity index (χ3n) is 5.98. The normalized spacial score (nSPS) is 21.8. The van der Waals surface area contributed by atoms with Crippen LogP contribution in [0.1, 0.15) is 32.3 Å². The summed E-state index contributed by atoms with van der Waals surface area (Å²) in [4.78, 5) is 8.77. The fourth-order valence-corrected chi connectivity index (χ4v) is 5.69. The summed E-state index contributed by atoms with van der Waals surface area (Å²) < 4.78 is 32.6. The van der Waals surface area contributed by atoms with E-state index in [9.17, 15) is 8.78 Å². The van der Waals surface area contributed by atoms with Gasteiger partial charge in [0.1, 0.15) is 22.3 Å². The van der Waals surface area contributed by atoms with Crippen molar-refractivity contribution in [3.8, 4) is 0 Å². The zero-order chi connectivity index (χ0) is 20.6. The summed E-state index contributed by atoms with van der Waals surface area (Å²) >= 11 is 2.37. The first-order chi connectivity index (χ1) is 13.8. The number of nitrogens with zero attached hydrogens (tertiary/aromatic N) is 3. The summed E-state index contributed by atoms with van der Waals surface area (Å²) in [5.41, 5.74) is 3.28. The molecule has 1 aromatic heterocycles. The average molecular weight is 439 g/mol. The SMILES string of the molecule is Cc1c(N2CCC(CN3CCC(C)(C)C3)C2)cc(F)c(SNc2cscn2)c1F. The summed E-state index contributed by atoms with van der Waals surface area (Å²) in [6.45, 7) is 11.5. The minimum absolute atomic E-state index is 0.00528. The highest BCUT2D eigenvalue weighted by molar-refractivity contribution is 8.00. The molecule has 0 aliphatic carbocycles. The first kappa shape index (κ1) is 20.9. The molecule has 0 saturated carbocycles. The van der Waals surface area contributed by atoms with Gasteiger partial charge in [-0.2, -0.15) is 0 Å². The van der Waals surface area contributed by atoms with E-state index in [0.717, 1.165) is 51.1 Å². The van der Waals surface area contributed by atoms with E-state index in [4.69, 9.17) is 0 Å². The molecule has 2 aromatic rings. The Balaban J connectivity index is 1.42. The molecule has 4 rings (SSSR count). The summed E-state index contributed by atoms with van der Waals surface area (Å²) in [5, 5.41) is 1.80. The fraction of sp³-hybridized carbons (Fsp3) is 0.571. The topological polar surface area (TPSA) is 31.4 Å². The van der Waals surface area contributed by atoms with Crippen molar-refractivity contribution < 1.29 is 8.78 Å². The zero-order valence-electron chi connectivity index (χ0n) is 17.2. The molecular formula is C21H28F2N4S2. The molecule has 0 bridgehead atoms. The minimum Gasteiger partial charge on any atom is -0.371 e. The highest BCUT2D eigenvalue weighted by Gasteiger charge is 2.33. The molecule has 2 aliphatic heterocycles. The summed E-state index contributed by atoms with van der Waals surface area (Å²) in [6.07, 6.45) is 2.31. The van der Waals surface area contributed by atoms with E-state index in [1.807, 2.05) is 0 Å². The number of thiazole rings is 1. The largest absolute Gasteiger partial charge is 0.371 e. The van der Waals surface area contributed by atoms with E-state index in [-0.39, 0.29) is 4.90 Å². The van der Waals surface area contributed by atoms with Gasteiger partial charge in [-0.15, -0.1) is 11.3 Å². The number of anilines is 2. The number of nitrogens with one attached hydrogen (secondary N) is 1. The van der Waals surface area contributed by atoms with Crippen molar-refractivity contribution in [2.75, 3.05) is 42.3 Å². The highest BCUT2D eigenvalue weighted by atomic mass is 32.2. The molecule has 0 amide bonds. The Morgan fingerprint density at radius 2 is 2.17 bits per heavy atom. The van der Waals surface area contributed by atoms with Gasteiger partial charge in [-0.1, -0.05) is 13.8 Å². The van der Waals surface area contributed by atoms with Crippen LogP contribution in [-0.2, 0) is 0 Å². The van der Waals surface area contributed by atoms with Gasteiger partial charge in [-0.25, -0.2) is 13.8 Å². The molecule has 2 saturated heterocycles. The van der Waals surface area contributed by atoms with Gasteiger partial charge in [0, 0.05) is 42.8 Å². The van der Waals surface area contributed by atoms with Gasteiger partial charge in [-0.05, 0) is 55.7 Å². The average Bonchev–Trinajstić information content (AvgIpc) is 3.40. The van der Waals surface area contributed by atoms with Gasteiger partial charge in [-0.3, -0.25) is 0 Å². The fourth-order valence-electron chi connectivity index (χ4n) is 4.42. The van der Waals surface area contributed by atoms with Crippen LogP contribution in [0.15, 0.2) is 21.9 Å². The van der Waals surface area contributed by atoms with Crippen LogP contribution in [0.4, 0.5) is 20.3 Å². The van der Waals surface area contributed by atoms with E-state index < -0.39 is 11.6 Å². The molecule has 1 N–H and O–H groups in total. The van der Waals surface area contributed by atoms with E-state index in [1.165, 1.54) is 23.8 Å². The number of halogens is 2. The van der Waals surface area contributed by atoms with E-state index >= 15 is 0 Å². The Kier molecular flexibility index (Phi) is 6.04. The van der Waals surface area contributed by atoms with Crippen LogP contribution in [0.2, 0.25) is 0 Å². The monoisotopic (exact) mass is 438 g/mol. The van der Waals surface area contributed by atoms with E-state index in [1.54, 1.807) is 17.8 Å². The maximum Gasteiger partial charge on any atom is 0.147 e. The second-order valence-electron chi connectivity index (χ2n) is 8.97. The smallest absolute Gasteiger partial charge is 0.147 e. The molecular weight excluding hydrogens is 410 g/mol. The molecule has 1 aromatic carbocycles. The van der Waals surface area contributed by atoms with Gasteiger partial charge >= 0.3 is 0 Å². The molecule has 4 nitrogen and oxygen atoms in total. The third kappa shape index (κ3) is 4.70. The first-order valence-electron chi connectivity index (χ1n) is 10.1. The van der Waals surface area contributed by atoms with Gasteiger partial charge in [0.15, 0.2) is 0 Å². The van der Waals surface area contributed by atoms with Crippen molar-refractivity contribution >= 4 is 34.8 Å². The van der Waals surface area contributed by atoms with Gasteiger partial charge in [0.2, 0.25) is 0 Å². The molecule has 2 fully saturated rings. The maximum absolute atomic E-state index is 15.0. The summed E-state index contributed by atoms with van der Waals surface area (Å²) in [5.74, 6) is 0.140. The summed E-state index contributed by atoms with van der Waals surface area (Å²) in [7, 11) is 0. The predicted octanol–water partition coefficient (Wildman–Crippen LogP) is 5.41. The van der Waals surface area contributed by atoms with Gasteiger partial charge in [0.05, 0.1) is 5.51 Å². The third-order valence-corrected chi connectivity index (χ3v) is 7.46. The van der Waals surface area contributed by atoms with Gasteiger partial charge in [0.25, 0.3) is 0 Å². The van der Waals surface area contributed by atoms with Crippen molar-refractivity contribution in [1.82, 2.24) is 9.88 Å². The lowest BCUT2D eigenvalue weighted by atomic mass is 9.93. The summed E-state index contributed by atoms with van der Waals surface area (Å²) in [6, 6.07) is 1.49. The second-order valence-corrected chi connectivity index (χ2v) is 10.5. The number of aromatic nitrogens is 1. The van der Waals surface area contributed by atoms with Crippen LogP contribution in [0.5, 0.6) is 0 Å². The number of hydrogen-bond donors (Lipinski definition) is 1. The van der Waals surface area contributed by atoms with Crippen molar-refractivity contribution in [2.45, 2.75) is 38.5 Å². The Morgan fingerprint density at radius 3 is 2.86 bits per heavy atom. The Hall–Kier alpha value is -1.38. The van der Waals surface area contributed by atoms with Crippen molar-refractivity contribution in [1.29, 1.82) is 0 Å². The van der Waals surface area contributed by atoms with Crippen LogP contribution < -0.4 is 9.62 Å². The molecule has 0 radical (unpaired) electrons. The van der Waals surface area contributed by atoms with Crippen LogP contribution in [0.3, 0.4) is 0 Å². The lowest BCUT2D eigenvalue weighted by Crippen LogP contribution is -2.31. The standard InChI is InChI=1S/C21H28F2N4S2/c1-14-17(8-16(22)20(19(14)23)29-25-18-11-28-13-24-18)27-6-4-15(10-27)9-26-7-5-21(2,3)12-26/h8,11,13,15,25H,4-7,9-10,12H2,1-3H3. The molecule has 158 valence electrons. The van der Waals surface area contributed by atoms with Crippen LogP contribution in [0, 0.1) is 29.9 Å². The Morgan fingerprint density at radius 1 is 1.34 bits per heavy atom. The molecule has 1 atom stereocenters. The van der Waals surface area contributed by atoms with E-state index in [0.29, 0.717) is 28.4 Å². The lowest BCUT2D eigenvalue weighted by molar-refractivity contribution is 0.257. The van der Waals surface area contributed by atoms with Gasteiger partial charge < -0.3 is 14.5 Å². The molecule has 1 unspecified atom stereocenters. The first-order valence-corrected chi connectivity index (χ1v) is 11.9. The van der Waals surface area contributed by atoms with Crippen LogP contribution >= 0.6 is 23.3 Å². The number of likely N-dealkylation sites (tertiary alicyclic amines) is 1. The number of hydrogen-bond acceptors (Lipinski definition) is 6. The van der Waals surface area contributed by atoms with Crippen molar-refractivity contribution in [3.63, 3.8) is 0 Å². The van der Waals surface area contributed by atoms with Crippen LogP contribution in [0.25, 0.3) is 0 Å². The minimum atomic E-state index is -0.527. The van der Waals surface area contributed by atoms with E-state index in [2.05, 4.69) is 33.4 Å². The zero-order valence-corrected chi connectivity index (χ0v) is 18.8. The maximum atomic E-state index is 15.0. The number of benzene rings is 1. The van der Waals surface area contributed by atoms with Crippen molar-refractivity contribution in [2.24, 2.45) is 11.3 Å². The molecule has 29 heavy (non-hydrogen) atoms. The Bertz CT molecular complexity index is 857. The lowest BCUT2D eigenvalue weighted by Gasteiger charge is -2.25. The second kappa shape index (κ2) is 8.40. The molecule has 0 spiro atoms. The molecule has 8 heteroatoms. The Labute approximate surface area is 179 Å². The van der Waals surface area contributed by atoms with Crippen molar-refractivity contribution in [3.05, 3.63) is 34.2 Å². The highest BCUT2D eigenvalue weighted by Crippen LogP contribution is 2.36. The molecule has 2 aliphatic rings. The number of rotatable bonds is 6. The van der Waals surface area contributed by atoms with Crippen LogP contribution in [-0.4, -0.2) is 42.6 Å². The predicted molar refractivity (Wildman–Crippen MR) is 118 cm³/mol. The quantitative estimate of drug-likeness (QED) is 0.610. The molecule has 3 heterocycles.